The number of rotatable bonds is 4. The van der Waals surface area contributed by atoms with E-state index in [0.29, 0.717) is 6.54 Å². The molecule has 0 aliphatic rings. The Hall–Kier alpha value is -2.69. The number of aliphatic carboxylic acids is 1. The van der Waals surface area contributed by atoms with E-state index in [1.54, 1.807) is 12.1 Å². The molecular formula is C21H32B2NO4. The first kappa shape index (κ1) is 32.9. The van der Waals surface area contributed by atoms with Gasteiger partial charge >= 0.3 is 20.1 Å². The summed E-state index contributed by atoms with van der Waals surface area (Å²) in [5, 5.41) is 10.8. The number of carbonyl (C=O) groups is 2. The maximum Gasteiger partial charge on any atom is 0.388 e. The minimum Gasteiger partial charge on any atom is -0.528 e. The van der Waals surface area contributed by atoms with Gasteiger partial charge in [-0.1, -0.05) is 95.8 Å². The molecular weight excluding hydrogens is 352 g/mol. The number of hydrogen-bond acceptors (Lipinski definition) is 3. The zero-order valence-electron chi connectivity index (χ0n) is 16.5. The van der Waals surface area contributed by atoms with E-state index in [4.69, 9.17) is 5.11 Å². The normalized spacial score (nSPS) is 7.57. The topological polar surface area (TPSA) is 75.6 Å². The minimum atomic E-state index is -0.786. The third-order valence-corrected chi connectivity index (χ3v) is 2.58. The van der Waals surface area contributed by atoms with E-state index in [1.165, 1.54) is 0 Å². The van der Waals surface area contributed by atoms with Crippen LogP contribution in [0.2, 0.25) is 0 Å². The molecule has 0 saturated heterocycles. The van der Waals surface area contributed by atoms with Crippen molar-refractivity contribution in [2.75, 3.05) is 0 Å². The highest BCUT2D eigenvalue weighted by Gasteiger charge is 1.97. The van der Waals surface area contributed by atoms with Crippen LogP contribution < -0.4 is 5.32 Å². The fourth-order valence-electron chi connectivity index (χ4n) is 1.58. The third-order valence-electron chi connectivity index (χ3n) is 2.58. The fourth-order valence-corrected chi connectivity index (χ4v) is 1.58. The molecule has 0 atom stereocenters. The highest BCUT2D eigenvalue weighted by molar-refractivity contribution is 6.04. The molecule has 5 nitrogen and oxygen atoms in total. The molecule has 2 aromatic carbocycles. The lowest BCUT2D eigenvalue weighted by Gasteiger charge is -2.02. The molecule has 2 rings (SSSR count). The van der Waals surface area contributed by atoms with Crippen LogP contribution in [0.3, 0.4) is 0 Å². The number of benzene rings is 2. The second-order valence-electron chi connectivity index (χ2n) is 4.30. The molecule has 0 bridgehead atoms. The molecule has 0 saturated carbocycles. The van der Waals surface area contributed by atoms with E-state index in [-0.39, 0.29) is 22.3 Å². The van der Waals surface area contributed by atoms with E-state index >= 15 is 0 Å². The molecule has 151 valence electrons. The summed E-state index contributed by atoms with van der Waals surface area (Å²) < 4.78 is 3.92. The van der Waals surface area contributed by atoms with Gasteiger partial charge in [-0.25, -0.2) is 4.79 Å². The molecule has 0 aliphatic heterocycles. The monoisotopic (exact) mass is 384 g/mol. The largest absolute Gasteiger partial charge is 0.528 e. The Labute approximate surface area is 173 Å². The smallest absolute Gasteiger partial charge is 0.388 e. The molecule has 7 heteroatoms. The van der Waals surface area contributed by atoms with Gasteiger partial charge < -0.3 is 15.1 Å². The van der Waals surface area contributed by atoms with Gasteiger partial charge in [-0.15, -0.1) is 0 Å². The minimum absolute atomic E-state index is 0. The first-order valence-electron chi connectivity index (χ1n) is 8.56. The summed E-state index contributed by atoms with van der Waals surface area (Å²) >= 11 is 0. The average molecular weight is 384 g/mol. The Morgan fingerprint density at radius 1 is 0.893 bits per heavy atom. The van der Waals surface area contributed by atoms with Crippen molar-refractivity contribution in [2.45, 2.75) is 48.1 Å². The van der Waals surface area contributed by atoms with Gasteiger partial charge in [0.15, 0.2) is 0 Å². The molecule has 0 aliphatic carbocycles. The van der Waals surface area contributed by atoms with E-state index in [1.807, 2.05) is 76.2 Å². The Kier molecular flexibility index (Phi) is 28.6. The zero-order chi connectivity index (χ0) is 20.2. The maximum absolute atomic E-state index is 10.5. The fraction of sp³-hybridized carbons (Fsp3) is 0.333. The van der Waals surface area contributed by atoms with Crippen LogP contribution in [-0.4, -0.2) is 33.6 Å². The first-order valence-corrected chi connectivity index (χ1v) is 8.56. The van der Waals surface area contributed by atoms with Gasteiger partial charge in [0.1, 0.15) is 0 Å². The molecule has 28 heavy (non-hydrogen) atoms. The van der Waals surface area contributed by atoms with Gasteiger partial charge in [0.05, 0.1) is 6.42 Å². The summed E-state index contributed by atoms with van der Waals surface area (Å²) in [7, 11) is 4.62. The molecule has 0 fully saturated rings. The summed E-state index contributed by atoms with van der Waals surface area (Å²) in [6.45, 7) is 8.43. The number of hydrogen-bond donors (Lipinski definition) is 2. The van der Waals surface area contributed by atoms with Gasteiger partial charge in [-0.2, -0.15) is 0 Å². The summed E-state index contributed by atoms with van der Waals surface area (Å²) in [6, 6.07) is 18.6. The van der Waals surface area contributed by atoms with Gasteiger partial charge in [0.2, 0.25) is 0 Å². The van der Waals surface area contributed by atoms with Crippen molar-refractivity contribution >= 4 is 28.5 Å². The van der Waals surface area contributed by atoms with Crippen molar-refractivity contribution < 1.29 is 19.3 Å². The summed E-state index contributed by atoms with van der Waals surface area (Å²) in [5.74, 6) is -0.786. The van der Waals surface area contributed by atoms with Crippen LogP contribution in [0.25, 0.3) is 0 Å². The van der Waals surface area contributed by atoms with E-state index in [2.05, 4.69) is 18.0 Å². The lowest BCUT2D eigenvalue weighted by molar-refractivity contribution is -0.136. The van der Waals surface area contributed by atoms with Crippen molar-refractivity contribution in [3.8, 4) is 0 Å². The molecule has 0 spiro atoms. The first-order chi connectivity index (χ1) is 12.6. The van der Waals surface area contributed by atoms with E-state index in [0.717, 1.165) is 11.1 Å². The van der Waals surface area contributed by atoms with Gasteiger partial charge in [-0.3, -0.25) is 4.79 Å². The van der Waals surface area contributed by atoms with Gasteiger partial charge in [0.25, 0.3) is 0 Å². The molecule has 2 aromatic rings. The lowest BCUT2D eigenvalue weighted by Crippen LogP contribution is -2.22. The number of carboxylic acids is 1. The predicted octanol–water partition coefficient (Wildman–Crippen LogP) is 4.62. The highest BCUT2D eigenvalue weighted by atomic mass is 16.5. The van der Waals surface area contributed by atoms with Crippen molar-refractivity contribution in [3.63, 3.8) is 0 Å². The Bertz CT molecular complexity index is 581. The number of carboxylic acid groups (broad SMARTS) is 1. The number of nitrogens with one attached hydrogen (secondary N) is 1. The van der Waals surface area contributed by atoms with Crippen molar-refractivity contribution in [2.24, 2.45) is 0 Å². The van der Waals surface area contributed by atoms with Crippen LogP contribution in [0.1, 0.15) is 46.2 Å². The molecule has 0 aromatic heterocycles. The maximum atomic E-state index is 10.5. The summed E-state index contributed by atoms with van der Waals surface area (Å²) in [4.78, 5) is 20.7. The second-order valence-corrected chi connectivity index (χ2v) is 4.30. The lowest BCUT2D eigenvalue weighted by atomic mass is 10.2. The average Bonchev–Trinajstić information content (AvgIpc) is 2.71. The Morgan fingerprint density at radius 2 is 1.29 bits per heavy atom. The SMILES string of the molecule is C.CC.CC.O=C(O)Cc1ccccc1.[B].[B]OC(=O)NCc1ccccc1. The number of carbonyl (C=O) groups excluding carboxylic acids is 1. The van der Waals surface area contributed by atoms with Crippen LogP contribution >= 0.6 is 0 Å². The van der Waals surface area contributed by atoms with E-state index < -0.39 is 12.1 Å². The van der Waals surface area contributed by atoms with Crippen molar-refractivity contribution in [3.05, 3.63) is 71.8 Å². The van der Waals surface area contributed by atoms with E-state index in [9.17, 15) is 9.59 Å². The van der Waals surface area contributed by atoms with Crippen LogP contribution in [0.15, 0.2) is 60.7 Å². The van der Waals surface area contributed by atoms with Crippen LogP contribution in [0.5, 0.6) is 0 Å². The molecule has 1 amide bonds. The van der Waals surface area contributed by atoms with Gasteiger partial charge in [-0.05, 0) is 11.1 Å². The molecule has 0 unspecified atom stereocenters. The zero-order valence-corrected chi connectivity index (χ0v) is 16.5. The Morgan fingerprint density at radius 3 is 1.64 bits per heavy atom. The van der Waals surface area contributed by atoms with Crippen LogP contribution in [0, 0.1) is 0 Å². The third kappa shape index (κ3) is 19.6. The van der Waals surface area contributed by atoms with Crippen molar-refractivity contribution in [1.29, 1.82) is 0 Å². The van der Waals surface area contributed by atoms with Crippen LogP contribution in [0.4, 0.5) is 4.79 Å². The molecule has 0 heterocycles. The quantitative estimate of drug-likeness (QED) is 0.755. The predicted molar refractivity (Wildman–Crippen MR) is 118 cm³/mol. The molecule has 2 N–H and O–H groups in total. The highest BCUT2D eigenvalue weighted by Crippen LogP contribution is 1.98. The molecule has 5 radical (unpaired) electrons. The summed E-state index contributed by atoms with van der Waals surface area (Å²) in [5.41, 5.74) is 1.85. The second kappa shape index (κ2) is 24.3. The Balaban J connectivity index is -0.000000166. The van der Waals surface area contributed by atoms with Gasteiger partial charge in [0, 0.05) is 15.0 Å². The van der Waals surface area contributed by atoms with Crippen LogP contribution in [-0.2, 0) is 22.4 Å². The van der Waals surface area contributed by atoms with Crippen molar-refractivity contribution in [1.82, 2.24) is 5.32 Å². The number of amides is 1. The summed E-state index contributed by atoms with van der Waals surface area (Å²) in [6.07, 6.45) is -0.514. The standard InChI is InChI=1S/C8H8BNO2.C8H8O2.2C2H6.CH4.B/c9-12-8(11)10-6-7-4-2-1-3-5-7;9-8(10)6-7-4-2-1-3-5-7;2*1-2;;/h1-5H,6H2,(H,10,11);1-5H,6H2,(H,9,10);2*1-2H3;1H4;.